The lowest BCUT2D eigenvalue weighted by Crippen LogP contribution is -2.52. The van der Waals surface area contributed by atoms with Crippen molar-refractivity contribution in [1.29, 1.82) is 0 Å². The van der Waals surface area contributed by atoms with Gasteiger partial charge in [-0.3, -0.25) is 9.59 Å². The van der Waals surface area contributed by atoms with Crippen LogP contribution in [-0.4, -0.2) is 49.3 Å². The highest BCUT2D eigenvalue weighted by atomic mass is 16.5. The maximum atomic E-state index is 14.4. The molecule has 2 aromatic heterocycles. The van der Waals surface area contributed by atoms with E-state index in [1.165, 1.54) is 18.0 Å². The zero-order chi connectivity index (χ0) is 30.3. The molecule has 0 spiro atoms. The maximum absolute atomic E-state index is 14.4. The van der Waals surface area contributed by atoms with E-state index >= 15 is 0 Å². The molecule has 5 aromatic rings. The second kappa shape index (κ2) is 13.3. The van der Waals surface area contributed by atoms with Gasteiger partial charge in [-0.25, -0.2) is 9.97 Å². The lowest BCUT2D eigenvalue weighted by molar-refractivity contribution is -0.144. The summed E-state index contributed by atoms with van der Waals surface area (Å²) in [5.41, 5.74) is 6.71. The average molecular weight is 584 g/mol. The summed E-state index contributed by atoms with van der Waals surface area (Å²) in [7, 11) is 0. The van der Waals surface area contributed by atoms with Crippen molar-refractivity contribution in [2.45, 2.75) is 38.9 Å². The molecule has 220 valence electrons. The van der Waals surface area contributed by atoms with Crippen LogP contribution in [0.3, 0.4) is 0 Å². The van der Waals surface area contributed by atoms with E-state index in [0.717, 1.165) is 34.2 Å². The SMILES string of the molecule is Cc1cc(/C=C/C(=O)N(Cc2ccc(-c3cncnc3)cc2)[C@@H](Cc2ccccc2)C(=O)N2CCc3ccccc3C2)no1. The number of hydrogen-bond donors (Lipinski definition) is 0. The first-order valence-corrected chi connectivity index (χ1v) is 14.7. The minimum absolute atomic E-state index is 0.0690. The zero-order valence-corrected chi connectivity index (χ0v) is 24.5. The second-order valence-corrected chi connectivity index (χ2v) is 11.0. The summed E-state index contributed by atoms with van der Waals surface area (Å²) in [4.78, 5) is 40.3. The van der Waals surface area contributed by atoms with Crippen LogP contribution in [0.4, 0.5) is 0 Å². The van der Waals surface area contributed by atoms with Crippen molar-refractivity contribution in [3.05, 3.63) is 143 Å². The summed E-state index contributed by atoms with van der Waals surface area (Å²) in [5, 5.41) is 3.99. The van der Waals surface area contributed by atoms with Crippen LogP contribution in [0.5, 0.6) is 0 Å². The van der Waals surface area contributed by atoms with E-state index in [1.54, 1.807) is 36.4 Å². The molecule has 0 aliphatic carbocycles. The molecule has 0 fully saturated rings. The number of rotatable bonds is 9. The highest BCUT2D eigenvalue weighted by Crippen LogP contribution is 2.24. The highest BCUT2D eigenvalue weighted by Gasteiger charge is 2.34. The smallest absolute Gasteiger partial charge is 0.247 e. The van der Waals surface area contributed by atoms with E-state index in [-0.39, 0.29) is 18.4 Å². The lowest BCUT2D eigenvalue weighted by atomic mass is 9.97. The van der Waals surface area contributed by atoms with Gasteiger partial charge >= 0.3 is 0 Å². The summed E-state index contributed by atoms with van der Waals surface area (Å²) in [6.45, 7) is 3.17. The van der Waals surface area contributed by atoms with Crippen LogP contribution in [0.2, 0.25) is 0 Å². The molecule has 8 heteroatoms. The number of benzene rings is 3. The minimum atomic E-state index is -0.721. The van der Waals surface area contributed by atoms with Gasteiger partial charge in [-0.15, -0.1) is 0 Å². The topological polar surface area (TPSA) is 92.4 Å². The molecule has 44 heavy (non-hydrogen) atoms. The Balaban J connectivity index is 1.34. The molecular weight excluding hydrogens is 550 g/mol. The predicted octanol–water partition coefficient (Wildman–Crippen LogP) is 5.68. The Morgan fingerprint density at radius 3 is 2.36 bits per heavy atom. The third-order valence-corrected chi connectivity index (χ3v) is 7.90. The molecule has 1 aliphatic heterocycles. The minimum Gasteiger partial charge on any atom is -0.361 e. The molecule has 0 bridgehead atoms. The van der Waals surface area contributed by atoms with Crippen molar-refractivity contribution in [3.63, 3.8) is 0 Å². The molecular formula is C36H33N5O3. The Kier molecular flexibility index (Phi) is 8.68. The van der Waals surface area contributed by atoms with Crippen molar-refractivity contribution in [2.75, 3.05) is 6.54 Å². The van der Waals surface area contributed by atoms with E-state index in [9.17, 15) is 9.59 Å². The fourth-order valence-corrected chi connectivity index (χ4v) is 5.57. The van der Waals surface area contributed by atoms with E-state index in [2.05, 4.69) is 27.3 Å². The Morgan fingerprint density at radius 2 is 1.64 bits per heavy atom. The molecule has 0 saturated carbocycles. The molecule has 1 aliphatic rings. The number of fused-ring (bicyclic) bond motifs is 1. The normalized spacial score (nSPS) is 13.4. The van der Waals surface area contributed by atoms with Crippen LogP contribution < -0.4 is 0 Å². The molecule has 6 rings (SSSR count). The Bertz CT molecular complexity index is 1750. The van der Waals surface area contributed by atoms with Crippen LogP contribution >= 0.6 is 0 Å². The Labute approximate surface area is 256 Å². The molecule has 0 saturated heterocycles. The van der Waals surface area contributed by atoms with Gasteiger partial charge in [0.25, 0.3) is 0 Å². The zero-order valence-electron chi connectivity index (χ0n) is 24.5. The number of aryl methyl sites for hydroxylation is 1. The summed E-state index contributed by atoms with van der Waals surface area (Å²) in [6.07, 6.45) is 9.30. The first kappa shape index (κ1) is 28.7. The van der Waals surface area contributed by atoms with Crippen LogP contribution in [0.15, 0.2) is 114 Å². The molecule has 2 amide bonds. The van der Waals surface area contributed by atoms with Gasteiger partial charge in [0.1, 0.15) is 23.8 Å². The van der Waals surface area contributed by atoms with Crippen LogP contribution in [-0.2, 0) is 35.5 Å². The average Bonchev–Trinajstić information content (AvgIpc) is 3.50. The molecule has 3 aromatic carbocycles. The second-order valence-electron chi connectivity index (χ2n) is 11.0. The standard InChI is InChI=1S/C36H33N5O3/c1-26-19-33(39-44-26)15-16-35(42)41(23-28-11-13-30(14-12-28)32-21-37-25-38-22-32)34(20-27-7-3-2-4-8-27)36(43)40-18-17-29-9-5-6-10-31(29)24-40/h2-16,19,21-22,25,34H,17-18,20,23-24H2,1H3/b16-15+/t34-/m0/s1. The summed E-state index contributed by atoms with van der Waals surface area (Å²) < 4.78 is 5.18. The van der Waals surface area contributed by atoms with Crippen molar-refractivity contribution < 1.29 is 14.1 Å². The lowest BCUT2D eigenvalue weighted by Gasteiger charge is -2.36. The van der Waals surface area contributed by atoms with Gasteiger partial charge in [0, 0.05) is 56.2 Å². The largest absolute Gasteiger partial charge is 0.361 e. The van der Waals surface area contributed by atoms with Crippen LogP contribution in [0.25, 0.3) is 17.2 Å². The van der Waals surface area contributed by atoms with Gasteiger partial charge in [0.15, 0.2) is 0 Å². The van der Waals surface area contributed by atoms with Crippen molar-refractivity contribution in [3.8, 4) is 11.1 Å². The van der Waals surface area contributed by atoms with Crippen LogP contribution in [0.1, 0.15) is 33.7 Å². The number of carbonyl (C=O) groups is 2. The van der Waals surface area contributed by atoms with Crippen molar-refractivity contribution in [1.82, 2.24) is 24.9 Å². The molecule has 0 N–H and O–H groups in total. The summed E-state index contributed by atoms with van der Waals surface area (Å²) in [5.74, 6) is 0.304. The third-order valence-electron chi connectivity index (χ3n) is 7.90. The van der Waals surface area contributed by atoms with Gasteiger partial charge in [-0.1, -0.05) is 84.0 Å². The van der Waals surface area contributed by atoms with Gasteiger partial charge in [-0.2, -0.15) is 0 Å². The van der Waals surface area contributed by atoms with E-state index in [1.807, 2.05) is 71.6 Å². The Morgan fingerprint density at radius 1 is 0.909 bits per heavy atom. The predicted molar refractivity (Wildman–Crippen MR) is 168 cm³/mol. The van der Waals surface area contributed by atoms with E-state index in [0.29, 0.717) is 31.0 Å². The Hall–Kier alpha value is -5.37. The molecule has 3 heterocycles. The number of aromatic nitrogens is 3. The number of hydrogen-bond acceptors (Lipinski definition) is 6. The van der Waals surface area contributed by atoms with E-state index < -0.39 is 6.04 Å². The van der Waals surface area contributed by atoms with Gasteiger partial charge in [0.2, 0.25) is 11.8 Å². The highest BCUT2D eigenvalue weighted by molar-refractivity contribution is 5.95. The molecule has 8 nitrogen and oxygen atoms in total. The summed E-state index contributed by atoms with van der Waals surface area (Å²) >= 11 is 0. The fourth-order valence-electron chi connectivity index (χ4n) is 5.57. The van der Waals surface area contributed by atoms with Crippen molar-refractivity contribution >= 4 is 17.9 Å². The number of nitrogens with zero attached hydrogens (tertiary/aromatic N) is 5. The first-order chi connectivity index (χ1) is 21.5. The molecule has 0 radical (unpaired) electrons. The molecule has 1 atom stereocenters. The molecule has 0 unspecified atom stereocenters. The first-order valence-electron chi connectivity index (χ1n) is 14.7. The number of carbonyl (C=O) groups excluding carboxylic acids is 2. The van der Waals surface area contributed by atoms with Gasteiger partial charge in [-0.05, 0) is 47.2 Å². The van der Waals surface area contributed by atoms with E-state index in [4.69, 9.17) is 4.52 Å². The third kappa shape index (κ3) is 6.81. The number of amides is 2. The maximum Gasteiger partial charge on any atom is 0.247 e. The van der Waals surface area contributed by atoms with Crippen LogP contribution in [0, 0.1) is 6.92 Å². The fraction of sp³-hybridized carbons (Fsp3) is 0.194. The monoisotopic (exact) mass is 583 g/mol. The van der Waals surface area contributed by atoms with Crippen molar-refractivity contribution in [2.24, 2.45) is 0 Å². The van der Waals surface area contributed by atoms with Gasteiger partial charge in [0.05, 0.1) is 0 Å². The summed E-state index contributed by atoms with van der Waals surface area (Å²) in [6, 6.07) is 27.1. The quantitative estimate of drug-likeness (QED) is 0.208. The van der Waals surface area contributed by atoms with Gasteiger partial charge < -0.3 is 14.3 Å².